The van der Waals surface area contributed by atoms with Gasteiger partial charge in [-0.2, -0.15) is 8.42 Å². The van der Waals surface area contributed by atoms with Crippen molar-refractivity contribution in [1.82, 2.24) is 5.32 Å². The second-order valence-electron chi connectivity index (χ2n) is 4.29. The lowest BCUT2D eigenvalue weighted by atomic mass is 10.2. The number of aliphatic hydroxyl groups excluding tert-OH is 3. The SMILES string of the molecule is O=C(NCCCS(=O)(=O)O)OCC(O)C1OC(=O)C(O)=C1O. The summed E-state index contributed by atoms with van der Waals surface area (Å²) in [5.41, 5.74) is 0. The zero-order valence-corrected chi connectivity index (χ0v) is 11.9. The molecule has 2 unspecified atom stereocenters. The topological polar surface area (TPSA) is 180 Å². The molecule has 0 spiro atoms. The molecule has 1 rings (SSSR count). The molecule has 12 heteroatoms. The van der Waals surface area contributed by atoms with Crippen LogP contribution in [-0.4, -0.2) is 71.5 Å². The molecule has 22 heavy (non-hydrogen) atoms. The van der Waals surface area contributed by atoms with Crippen molar-refractivity contribution < 1.29 is 47.4 Å². The number of carbonyl (C=O) groups excluding carboxylic acids is 2. The maximum absolute atomic E-state index is 11.2. The summed E-state index contributed by atoms with van der Waals surface area (Å²) in [5.74, 6) is -3.64. The zero-order valence-electron chi connectivity index (χ0n) is 11.1. The number of cyclic esters (lactones) is 1. The van der Waals surface area contributed by atoms with Gasteiger partial charge in [0.1, 0.15) is 12.7 Å². The maximum Gasteiger partial charge on any atom is 0.407 e. The van der Waals surface area contributed by atoms with E-state index in [0.29, 0.717) is 0 Å². The predicted molar refractivity (Wildman–Crippen MR) is 68.6 cm³/mol. The second kappa shape index (κ2) is 7.29. The molecule has 0 aromatic rings. The first kappa shape index (κ1) is 18.0. The van der Waals surface area contributed by atoms with Crippen LogP contribution in [0.3, 0.4) is 0 Å². The number of ether oxygens (including phenoxy) is 2. The van der Waals surface area contributed by atoms with Gasteiger partial charge in [0.25, 0.3) is 10.1 Å². The Hall–Kier alpha value is -2.05. The average Bonchev–Trinajstić information content (AvgIpc) is 2.67. The molecule has 126 valence electrons. The van der Waals surface area contributed by atoms with E-state index in [-0.39, 0.29) is 13.0 Å². The Balaban J connectivity index is 2.28. The molecule has 1 heterocycles. The minimum Gasteiger partial charge on any atom is -0.505 e. The lowest BCUT2D eigenvalue weighted by molar-refractivity contribution is -0.147. The first-order valence-electron chi connectivity index (χ1n) is 5.98. The molecule has 5 N–H and O–H groups in total. The summed E-state index contributed by atoms with van der Waals surface area (Å²) < 4.78 is 38.3. The van der Waals surface area contributed by atoms with Crippen molar-refractivity contribution in [3.05, 3.63) is 11.5 Å². The van der Waals surface area contributed by atoms with Gasteiger partial charge in [-0.15, -0.1) is 0 Å². The minimum atomic E-state index is -4.11. The first-order chi connectivity index (χ1) is 10.1. The van der Waals surface area contributed by atoms with Gasteiger partial charge in [-0.05, 0) is 6.42 Å². The summed E-state index contributed by atoms with van der Waals surface area (Å²) in [4.78, 5) is 22.1. The number of esters is 1. The first-order valence-corrected chi connectivity index (χ1v) is 7.59. The van der Waals surface area contributed by atoms with Crippen molar-refractivity contribution >= 4 is 22.2 Å². The molecule has 1 aliphatic heterocycles. The van der Waals surface area contributed by atoms with E-state index in [9.17, 15) is 28.2 Å². The van der Waals surface area contributed by atoms with Gasteiger partial charge < -0.3 is 30.1 Å². The second-order valence-corrected chi connectivity index (χ2v) is 5.86. The average molecular weight is 341 g/mol. The normalized spacial score (nSPS) is 19.7. The van der Waals surface area contributed by atoms with Crippen molar-refractivity contribution in [1.29, 1.82) is 0 Å². The van der Waals surface area contributed by atoms with E-state index in [0.717, 1.165) is 0 Å². The lowest BCUT2D eigenvalue weighted by Crippen LogP contribution is -2.36. The molecule has 0 aliphatic carbocycles. The Morgan fingerprint density at radius 2 is 2.05 bits per heavy atom. The van der Waals surface area contributed by atoms with Crippen LogP contribution < -0.4 is 5.32 Å². The van der Waals surface area contributed by atoms with Crippen LogP contribution in [0.5, 0.6) is 0 Å². The number of aliphatic hydroxyl groups is 3. The highest BCUT2D eigenvalue weighted by molar-refractivity contribution is 7.85. The highest BCUT2D eigenvalue weighted by Crippen LogP contribution is 2.21. The monoisotopic (exact) mass is 341 g/mol. The van der Waals surface area contributed by atoms with Crippen molar-refractivity contribution in [2.24, 2.45) is 0 Å². The molecule has 0 aromatic heterocycles. The summed E-state index contributed by atoms with van der Waals surface area (Å²) in [5, 5.41) is 30.1. The van der Waals surface area contributed by atoms with Crippen LogP contribution in [0.2, 0.25) is 0 Å². The van der Waals surface area contributed by atoms with Gasteiger partial charge in [0.05, 0.1) is 5.75 Å². The van der Waals surface area contributed by atoms with Crippen LogP contribution in [0.25, 0.3) is 0 Å². The van der Waals surface area contributed by atoms with Gasteiger partial charge in [0.15, 0.2) is 11.9 Å². The smallest absolute Gasteiger partial charge is 0.407 e. The number of alkyl carbamates (subject to hydrolysis) is 1. The van der Waals surface area contributed by atoms with Crippen LogP contribution in [-0.2, 0) is 24.4 Å². The van der Waals surface area contributed by atoms with Gasteiger partial charge in [0.2, 0.25) is 5.76 Å². The van der Waals surface area contributed by atoms with Crippen molar-refractivity contribution in [3.8, 4) is 0 Å². The lowest BCUT2D eigenvalue weighted by Gasteiger charge is -2.17. The van der Waals surface area contributed by atoms with Crippen LogP contribution >= 0.6 is 0 Å². The zero-order chi connectivity index (χ0) is 16.9. The number of amides is 1. The van der Waals surface area contributed by atoms with E-state index in [1.807, 2.05) is 0 Å². The Kier molecular flexibility index (Phi) is 5.96. The van der Waals surface area contributed by atoms with Gasteiger partial charge in [0, 0.05) is 6.54 Å². The summed E-state index contributed by atoms with van der Waals surface area (Å²) in [6.07, 6.45) is -4.18. The van der Waals surface area contributed by atoms with Gasteiger partial charge in [-0.3, -0.25) is 4.55 Å². The number of carbonyl (C=O) groups is 2. The van der Waals surface area contributed by atoms with Gasteiger partial charge >= 0.3 is 12.1 Å². The third kappa shape index (κ3) is 5.38. The van der Waals surface area contributed by atoms with Gasteiger partial charge in [-0.1, -0.05) is 0 Å². The summed E-state index contributed by atoms with van der Waals surface area (Å²) in [6.45, 7) is -0.751. The molecule has 1 aliphatic rings. The van der Waals surface area contributed by atoms with E-state index >= 15 is 0 Å². The van der Waals surface area contributed by atoms with Gasteiger partial charge in [-0.25, -0.2) is 9.59 Å². The Morgan fingerprint density at radius 1 is 1.41 bits per heavy atom. The highest BCUT2D eigenvalue weighted by Gasteiger charge is 2.39. The van der Waals surface area contributed by atoms with Crippen molar-refractivity contribution in [3.63, 3.8) is 0 Å². The highest BCUT2D eigenvalue weighted by atomic mass is 32.2. The summed E-state index contributed by atoms with van der Waals surface area (Å²) in [6, 6.07) is 0. The summed E-state index contributed by atoms with van der Waals surface area (Å²) >= 11 is 0. The minimum absolute atomic E-state index is 0.0475. The third-order valence-electron chi connectivity index (χ3n) is 2.52. The van der Waals surface area contributed by atoms with Crippen LogP contribution in [0.1, 0.15) is 6.42 Å². The molecule has 2 atom stereocenters. The van der Waals surface area contributed by atoms with Crippen molar-refractivity contribution in [2.45, 2.75) is 18.6 Å². The van der Waals surface area contributed by atoms with E-state index in [1.165, 1.54) is 0 Å². The fourth-order valence-electron chi connectivity index (χ4n) is 1.47. The molecule has 0 saturated heterocycles. The Bertz CT molecular complexity index is 568. The Labute approximate surface area is 124 Å². The number of rotatable bonds is 7. The number of nitrogens with one attached hydrogen (secondary N) is 1. The van der Waals surface area contributed by atoms with Crippen molar-refractivity contribution in [2.75, 3.05) is 18.9 Å². The standard InChI is InChI=1S/C10H15NO10S/c12-5(8-6(13)7(14)9(15)21-8)4-20-10(16)11-2-1-3-22(17,18)19/h5,8,12-14H,1-4H2,(H,11,16)(H,17,18,19). The molecule has 1 amide bonds. The molecule has 0 bridgehead atoms. The third-order valence-corrected chi connectivity index (χ3v) is 3.33. The molecular weight excluding hydrogens is 326 g/mol. The fraction of sp³-hybridized carbons (Fsp3) is 0.600. The molecule has 0 aromatic carbocycles. The number of hydrogen-bond donors (Lipinski definition) is 5. The summed E-state index contributed by atoms with van der Waals surface area (Å²) in [7, 11) is -4.11. The quantitative estimate of drug-likeness (QED) is 0.210. The molecule has 0 fully saturated rings. The van der Waals surface area contributed by atoms with E-state index < -0.39 is 58.3 Å². The Morgan fingerprint density at radius 3 is 2.55 bits per heavy atom. The van der Waals surface area contributed by atoms with E-state index in [4.69, 9.17) is 9.66 Å². The largest absolute Gasteiger partial charge is 0.505 e. The van der Waals surface area contributed by atoms with Crippen LogP contribution in [0.4, 0.5) is 4.79 Å². The van der Waals surface area contributed by atoms with Crippen LogP contribution in [0.15, 0.2) is 11.5 Å². The fourth-order valence-corrected chi connectivity index (χ4v) is 1.98. The maximum atomic E-state index is 11.2. The van der Waals surface area contributed by atoms with Crippen LogP contribution in [0, 0.1) is 0 Å². The van der Waals surface area contributed by atoms with E-state index in [2.05, 4.69) is 14.8 Å². The molecule has 0 saturated carbocycles. The molecular formula is C10H15NO10S. The predicted octanol–water partition coefficient (Wildman–Crippen LogP) is -1.40. The van der Waals surface area contributed by atoms with E-state index in [1.54, 1.807) is 0 Å². The molecule has 0 radical (unpaired) electrons. The number of hydrogen-bond acceptors (Lipinski definition) is 9. The molecule has 11 nitrogen and oxygen atoms in total.